The molecule has 1 saturated heterocycles. The quantitative estimate of drug-likeness (QED) is 0.789. The minimum absolute atomic E-state index is 0.0410. The molecule has 0 aliphatic carbocycles. The highest BCUT2D eigenvalue weighted by Crippen LogP contribution is 2.29. The van der Waals surface area contributed by atoms with Crippen molar-refractivity contribution in [3.05, 3.63) is 52.9 Å². The number of benzene rings is 1. The smallest absolute Gasteiger partial charge is 0.252 e. The van der Waals surface area contributed by atoms with Gasteiger partial charge in [-0.1, -0.05) is 18.6 Å². The summed E-state index contributed by atoms with van der Waals surface area (Å²) in [5, 5.41) is 4.19. The summed E-state index contributed by atoms with van der Waals surface area (Å²) in [6.07, 6.45) is 2.10. The zero-order valence-electron chi connectivity index (χ0n) is 14.5. The molecule has 1 aromatic heterocycles. The molecule has 0 spiro atoms. The van der Waals surface area contributed by atoms with Crippen molar-refractivity contribution < 1.29 is 22.0 Å². The number of carbonyl (C=O) groups is 1. The lowest BCUT2D eigenvalue weighted by Gasteiger charge is -2.34. The van der Waals surface area contributed by atoms with Gasteiger partial charge in [0, 0.05) is 31.1 Å². The molecule has 2 heterocycles. The van der Waals surface area contributed by atoms with Crippen molar-refractivity contribution in [2.75, 3.05) is 6.54 Å². The molecule has 1 amide bonds. The molecule has 9 heteroatoms. The van der Waals surface area contributed by atoms with Crippen molar-refractivity contribution in [2.45, 2.75) is 42.5 Å². The van der Waals surface area contributed by atoms with Crippen molar-refractivity contribution in [1.82, 2.24) is 9.62 Å². The van der Waals surface area contributed by atoms with Crippen molar-refractivity contribution in [1.29, 1.82) is 0 Å². The van der Waals surface area contributed by atoms with E-state index in [-0.39, 0.29) is 22.7 Å². The van der Waals surface area contributed by atoms with Crippen molar-refractivity contribution in [3.8, 4) is 0 Å². The largest absolute Gasteiger partial charge is 0.352 e. The number of sulfonamides is 1. The van der Waals surface area contributed by atoms with E-state index in [1.54, 1.807) is 17.5 Å². The summed E-state index contributed by atoms with van der Waals surface area (Å²) < 4.78 is 54.6. The second-order valence-electron chi connectivity index (χ2n) is 6.38. The summed E-state index contributed by atoms with van der Waals surface area (Å²) in [4.78, 5) is 12.3. The fourth-order valence-electron chi connectivity index (χ4n) is 3.19. The molecule has 1 atom stereocenters. The Hall–Kier alpha value is -1.84. The molecular weight excluding hydrogens is 394 g/mol. The molecule has 1 N–H and O–H groups in total. The number of nitrogens with one attached hydrogen (secondary N) is 1. The zero-order chi connectivity index (χ0) is 19.4. The van der Waals surface area contributed by atoms with Gasteiger partial charge < -0.3 is 5.32 Å². The first-order valence-corrected chi connectivity index (χ1v) is 11.0. The van der Waals surface area contributed by atoms with E-state index in [2.05, 4.69) is 5.32 Å². The Morgan fingerprint density at radius 1 is 1.19 bits per heavy atom. The molecule has 1 aromatic carbocycles. The van der Waals surface area contributed by atoms with Gasteiger partial charge in [-0.15, -0.1) is 11.3 Å². The lowest BCUT2D eigenvalue weighted by Crippen LogP contribution is -2.45. The third-order valence-corrected chi connectivity index (χ3v) is 7.90. The highest BCUT2D eigenvalue weighted by atomic mass is 32.2. The van der Waals surface area contributed by atoms with E-state index in [9.17, 15) is 22.0 Å². The molecule has 1 aliphatic heterocycles. The predicted octanol–water partition coefficient (Wildman–Crippen LogP) is 3.28. The summed E-state index contributed by atoms with van der Waals surface area (Å²) in [6.45, 7) is 0.0852. The average Bonchev–Trinajstić information content (AvgIpc) is 3.17. The molecule has 0 radical (unpaired) electrons. The molecule has 3 rings (SSSR count). The molecule has 1 aliphatic rings. The topological polar surface area (TPSA) is 66.5 Å². The molecule has 146 valence electrons. The number of piperidine rings is 1. The number of rotatable bonds is 6. The zero-order valence-corrected chi connectivity index (χ0v) is 16.2. The van der Waals surface area contributed by atoms with Gasteiger partial charge >= 0.3 is 0 Å². The summed E-state index contributed by atoms with van der Waals surface area (Å²) in [6, 6.07) is 6.27. The van der Waals surface area contributed by atoms with E-state index in [0.717, 1.165) is 36.3 Å². The number of halogens is 2. The van der Waals surface area contributed by atoms with E-state index in [1.165, 1.54) is 10.4 Å². The van der Waals surface area contributed by atoms with Crippen LogP contribution in [0.4, 0.5) is 8.78 Å². The van der Waals surface area contributed by atoms with Gasteiger partial charge in [-0.05, 0) is 36.4 Å². The summed E-state index contributed by atoms with van der Waals surface area (Å²) in [5.41, 5.74) is -0.211. The fraction of sp³-hybridized carbons (Fsp3) is 0.389. The van der Waals surface area contributed by atoms with Gasteiger partial charge in [0.25, 0.3) is 10.0 Å². The number of hydrogen-bond donors (Lipinski definition) is 1. The van der Waals surface area contributed by atoms with E-state index in [1.807, 2.05) is 0 Å². The second-order valence-corrected chi connectivity index (χ2v) is 9.44. The summed E-state index contributed by atoms with van der Waals surface area (Å²) >= 11 is 1.14. The highest BCUT2D eigenvalue weighted by molar-refractivity contribution is 7.91. The molecular formula is C18H20F2N2O3S2. The summed E-state index contributed by atoms with van der Waals surface area (Å²) in [7, 11) is -3.64. The fourth-order valence-corrected chi connectivity index (χ4v) is 6.01. The Balaban J connectivity index is 1.67. The van der Waals surface area contributed by atoms with Gasteiger partial charge in [-0.3, -0.25) is 4.79 Å². The minimum atomic E-state index is -3.64. The average molecular weight is 414 g/mol. The first kappa shape index (κ1) is 19.9. The predicted molar refractivity (Wildman–Crippen MR) is 98.7 cm³/mol. The van der Waals surface area contributed by atoms with E-state index in [0.29, 0.717) is 13.0 Å². The lowest BCUT2D eigenvalue weighted by molar-refractivity contribution is -0.122. The maximum absolute atomic E-state index is 13.7. The van der Waals surface area contributed by atoms with Gasteiger partial charge in [-0.2, -0.15) is 4.31 Å². The Bertz CT molecular complexity index is 881. The number of amides is 1. The molecule has 2 aromatic rings. The van der Waals surface area contributed by atoms with Crippen LogP contribution in [0, 0.1) is 11.6 Å². The molecule has 0 unspecified atom stereocenters. The van der Waals surface area contributed by atoms with E-state index in [4.69, 9.17) is 0 Å². The van der Waals surface area contributed by atoms with Crippen LogP contribution in [0.2, 0.25) is 0 Å². The normalized spacial score (nSPS) is 18.4. The van der Waals surface area contributed by atoms with Gasteiger partial charge in [0.05, 0.1) is 0 Å². The van der Waals surface area contributed by atoms with Gasteiger partial charge in [0.2, 0.25) is 5.91 Å². The van der Waals surface area contributed by atoms with Crippen LogP contribution in [0.1, 0.15) is 31.2 Å². The summed E-state index contributed by atoms with van der Waals surface area (Å²) in [5.74, 6) is -1.89. The minimum Gasteiger partial charge on any atom is -0.352 e. The number of nitrogens with zero attached hydrogens (tertiary/aromatic N) is 1. The first-order chi connectivity index (χ1) is 12.9. The highest BCUT2D eigenvalue weighted by Gasteiger charge is 2.35. The standard InChI is InChI=1S/C18H20F2N2O3S2/c19-15-6-3-7-16(20)14(15)12-21-17(23)11-13-5-1-2-9-22(13)27(24,25)18-8-4-10-26-18/h3-4,6-8,10,13H,1-2,5,9,11-12H2,(H,21,23)/t13-/m1/s1. The van der Waals surface area contributed by atoms with Crippen molar-refractivity contribution >= 4 is 27.3 Å². The molecule has 0 saturated carbocycles. The van der Waals surface area contributed by atoms with Crippen LogP contribution in [0.5, 0.6) is 0 Å². The van der Waals surface area contributed by atoms with Gasteiger partial charge in [-0.25, -0.2) is 17.2 Å². The third-order valence-electron chi connectivity index (χ3n) is 4.58. The van der Waals surface area contributed by atoms with Crippen molar-refractivity contribution in [2.24, 2.45) is 0 Å². The lowest BCUT2D eigenvalue weighted by atomic mass is 10.0. The van der Waals surface area contributed by atoms with Crippen molar-refractivity contribution in [3.63, 3.8) is 0 Å². The maximum Gasteiger partial charge on any atom is 0.252 e. The molecule has 27 heavy (non-hydrogen) atoms. The van der Waals surface area contributed by atoms with Gasteiger partial charge in [0.1, 0.15) is 15.8 Å². The van der Waals surface area contributed by atoms with Gasteiger partial charge in [0.15, 0.2) is 0 Å². The maximum atomic E-state index is 13.7. The van der Waals surface area contributed by atoms with E-state index < -0.39 is 33.6 Å². The Labute approximate surface area is 161 Å². The Morgan fingerprint density at radius 2 is 1.93 bits per heavy atom. The monoisotopic (exact) mass is 414 g/mol. The van der Waals surface area contributed by atoms with Crippen LogP contribution < -0.4 is 5.32 Å². The first-order valence-electron chi connectivity index (χ1n) is 8.64. The number of carbonyl (C=O) groups excluding carboxylic acids is 1. The van der Waals surface area contributed by atoms with Crippen LogP contribution >= 0.6 is 11.3 Å². The SMILES string of the molecule is O=C(C[C@H]1CCCCN1S(=O)(=O)c1cccs1)NCc1c(F)cccc1F. The van der Waals surface area contributed by atoms with Crippen LogP contribution in [-0.4, -0.2) is 31.2 Å². The molecule has 5 nitrogen and oxygen atoms in total. The third kappa shape index (κ3) is 4.53. The van der Waals surface area contributed by atoms with Crippen LogP contribution in [0.25, 0.3) is 0 Å². The second kappa shape index (κ2) is 8.45. The number of thiophene rings is 1. The molecule has 0 bridgehead atoms. The van der Waals surface area contributed by atoms with Crippen LogP contribution in [0.3, 0.4) is 0 Å². The molecule has 1 fully saturated rings. The van der Waals surface area contributed by atoms with Crippen LogP contribution in [-0.2, 0) is 21.4 Å². The Kier molecular flexibility index (Phi) is 6.23. The number of hydrogen-bond acceptors (Lipinski definition) is 4. The Morgan fingerprint density at radius 3 is 2.59 bits per heavy atom. The van der Waals surface area contributed by atoms with Crippen LogP contribution in [0.15, 0.2) is 39.9 Å². The van der Waals surface area contributed by atoms with E-state index >= 15 is 0 Å².